The summed E-state index contributed by atoms with van der Waals surface area (Å²) < 4.78 is 10.8. The summed E-state index contributed by atoms with van der Waals surface area (Å²) in [6.45, 7) is 6.35. The zero-order valence-electron chi connectivity index (χ0n) is 18.5. The quantitative estimate of drug-likeness (QED) is 0.216. The molecule has 1 aromatic rings. The van der Waals surface area contributed by atoms with Crippen LogP contribution in [0.2, 0.25) is 0 Å². The zero-order valence-corrected chi connectivity index (χ0v) is 20.8. The van der Waals surface area contributed by atoms with E-state index in [1.165, 1.54) is 5.56 Å². The molecule has 0 saturated carbocycles. The van der Waals surface area contributed by atoms with E-state index in [4.69, 9.17) is 14.5 Å². The minimum absolute atomic E-state index is 0. The Balaban J connectivity index is 0.00000420. The lowest BCUT2D eigenvalue weighted by atomic mass is 9.89. The molecular weight excluding hydrogens is 479 g/mol. The maximum atomic E-state index is 5.56. The van der Waals surface area contributed by atoms with Crippen LogP contribution >= 0.6 is 24.0 Å². The molecule has 0 bridgehead atoms. The van der Waals surface area contributed by atoms with Gasteiger partial charge in [-0.1, -0.05) is 12.1 Å². The highest BCUT2D eigenvalue weighted by Gasteiger charge is 2.34. The number of halogens is 1. The van der Waals surface area contributed by atoms with Crippen LogP contribution < -0.4 is 15.4 Å². The van der Waals surface area contributed by atoms with Gasteiger partial charge in [0.25, 0.3) is 0 Å². The summed E-state index contributed by atoms with van der Waals surface area (Å²) in [7, 11) is 6.01. The maximum Gasteiger partial charge on any atom is 0.191 e. The van der Waals surface area contributed by atoms with E-state index in [0.717, 1.165) is 76.7 Å². The largest absolute Gasteiger partial charge is 0.497 e. The van der Waals surface area contributed by atoms with Crippen molar-refractivity contribution in [2.75, 3.05) is 54.1 Å². The summed E-state index contributed by atoms with van der Waals surface area (Å²) in [4.78, 5) is 7.21. The Labute approximate surface area is 193 Å². The van der Waals surface area contributed by atoms with Gasteiger partial charge in [-0.2, -0.15) is 0 Å². The van der Waals surface area contributed by atoms with Gasteiger partial charge in [0, 0.05) is 31.8 Å². The van der Waals surface area contributed by atoms with Crippen molar-refractivity contribution in [1.29, 1.82) is 0 Å². The smallest absolute Gasteiger partial charge is 0.191 e. The molecule has 2 rings (SSSR count). The number of aryl methyl sites for hydroxylation is 1. The molecule has 1 fully saturated rings. The molecule has 0 atom stereocenters. The Morgan fingerprint density at radius 1 is 1.14 bits per heavy atom. The molecule has 7 heteroatoms. The molecule has 166 valence electrons. The first-order chi connectivity index (χ1) is 13.6. The van der Waals surface area contributed by atoms with E-state index in [2.05, 4.69) is 48.7 Å². The molecule has 0 spiro atoms. The van der Waals surface area contributed by atoms with Crippen molar-refractivity contribution in [3.63, 3.8) is 0 Å². The third-order valence-electron chi connectivity index (χ3n) is 5.59. The number of nitrogens with zero attached hydrogens (tertiary/aromatic N) is 2. The molecule has 0 unspecified atom stereocenters. The van der Waals surface area contributed by atoms with Gasteiger partial charge in [-0.3, -0.25) is 4.99 Å². The summed E-state index contributed by atoms with van der Waals surface area (Å²) in [5.41, 5.74) is 1.46. The van der Waals surface area contributed by atoms with Crippen LogP contribution in [-0.2, 0) is 11.2 Å². The van der Waals surface area contributed by atoms with Crippen LogP contribution in [0.25, 0.3) is 0 Å². The van der Waals surface area contributed by atoms with E-state index in [1.807, 2.05) is 12.1 Å². The fraction of sp³-hybridized carbons (Fsp3) is 0.682. The van der Waals surface area contributed by atoms with Gasteiger partial charge in [-0.05, 0) is 70.8 Å². The van der Waals surface area contributed by atoms with Gasteiger partial charge in [0.2, 0.25) is 0 Å². The molecule has 1 aliphatic heterocycles. The summed E-state index contributed by atoms with van der Waals surface area (Å²) >= 11 is 0. The van der Waals surface area contributed by atoms with Crippen LogP contribution in [0.15, 0.2) is 29.3 Å². The second-order valence-electron chi connectivity index (χ2n) is 7.66. The maximum absolute atomic E-state index is 5.56. The topological polar surface area (TPSA) is 58.1 Å². The molecule has 0 amide bonds. The lowest BCUT2D eigenvalue weighted by Gasteiger charge is -2.41. The highest BCUT2D eigenvalue weighted by Crippen LogP contribution is 2.26. The predicted octanol–water partition coefficient (Wildman–Crippen LogP) is 3.30. The number of unbranched alkanes of at least 4 members (excludes halogenated alkanes) is 1. The monoisotopic (exact) mass is 518 g/mol. The lowest BCUT2D eigenvalue weighted by Crippen LogP contribution is -2.51. The zero-order chi connectivity index (χ0) is 20.2. The first-order valence-electron chi connectivity index (χ1n) is 10.5. The molecule has 29 heavy (non-hydrogen) atoms. The van der Waals surface area contributed by atoms with Crippen molar-refractivity contribution in [2.45, 2.75) is 44.6 Å². The highest BCUT2D eigenvalue weighted by atomic mass is 127. The minimum Gasteiger partial charge on any atom is -0.497 e. The molecule has 6 nitrogen and oxygen atoms in total. The standard InChI is InChI=1S/C22H38N4O2.HI/c1-5-23-21(25-18-22(26(2)3)13-16-28-17-14-22)24-15-7-6-8-19-9-11-20(27-4)12-10-19;/h9-12H,5-8,13-18H2,1-4H3,(H2,23,24,25);1H. The van der Waals surface area contributed by atoms with E-state index < -0.39 is 0 Å². The molecule has 1 aliphatic rings. The number of rotatable bonds is 10. The summed E-state index contributed by atoms with van der Waals surface area (Å²) in [5.74, 6) is 1.83. The third kappa shape index (κ3) is 8.68. The number of hydrogen-bond acceptors (Lipinski definition) is 4. The van der Waals surface area contributed by atoms with Crippen LogP contribution in [0, 0.1) is 0 Å². The number of hydrogen-bond donors (Lipinski definition) is 2. The van der Waals surface area contributed by atoms with Gasteiger partial charge in [0.15, 0.2) is 5.96 Å². The molecule has 1 aromatic carbocycles. The predicted molar refractivity (Wildman–Crippen MR) is 132 cm³/mol. The van der Waals surface area contributed by atoms with Gasteiger partial charge >= 0.3 is 0 Å². The Kier molecular flexibility index (Phi) is 12.6. The van der Waals surface area contributed by atoms with Gasteiger partial charge in [0.1, 0.15) is 5.75 Å². The van der Waals surface area contributed by atoms with Gasteiger partial charge in [0.05, 0.1) is 13.7 Å². The van der Waals surface area contributed by atoms with E-state index >= 15 is 0 Å². The summed E-state index contributed by atoms with van der Waals surface area (Å²) in [6, 6.07) is 8.35. The van der Waals surface area contributed by atoms with Crippen molar-refractivity contribution in [2.24, 2.45) is 4.99 Å². The molecule has 1 heterocycles. The van der Waals surface area contributed by atoms with Crippen LogP contribution in [0.1, 0.15) is 38.2 Å². The van der Waals surface area contributed by atoms with Crippen molar-refractivity contribution < 1.29 is 9.47 Å². The Hall–Kier alpha value is -1.06. The highest BCUT2D eigenvalue weighted by molar-refractivity contribution is 14.0. The van der Waals surface area contributed by atoms with Crippen LogP contribution in [0.3, 0.4) is 0 Å². The second kappa shape index (κ2) is 14.0. The molecule has 2 N–H and O–H groups in total. The van der Waals surface area contributed by atoms with Gasteiger partial charge in [-0.25, -0.2) is 0 Å². The van der Waals surface area contributed by atoms with Gasteiger partial charge in [-0.15, -0.1) is 24.0 Å². The fourth-order valence-electron chi connectivity index (χ4n) is 3.52. The Morgan fingerprint density at radius 2 is 1.83 bits per heavy atom. The lowest BCUT2D eigenvalue weighted by molar-refractivity contribution is -0.00254. The van der Waals surface area contributed by atoms with Crippen molar-refractivity contribution in [3.05, 3.63) is 29.8 Å². The first-order valence-corrected chi connectivity index (χ1v) is 10.5. The molecule has 0 radical (unpaired) electrons. The second-order valence-corrected chi connectivity index (χ2v) is 7.66. The van der Waals surface area contributed by atoms with Crippen molar-refractivity contribution in [3.8, 4) is 5.75 Å². The number of guanidine groups is 1. The summed E-state index contributed by atoms with van der Waals surface area (Å²) in [5, 5.41) is 6.86. The molecule has 1 saturated heterocycles. The first kappa shape index (κ1) is 26.0. The average molecular weight is 518 g/mol. The van der Waals surface area contributed by atoms with Crippen molar-refractivity contribution >= 4 is 29.9 Å². The third-order valence-corrected chi connectivity index (χ3v) is 5.59. The number of aliphatic imine (C=N–C) groups is 1. The Bertz CT molecular complexity index is 587. The average Bonchev–Trinajstić information content (AvgIpc) is 2.72. The van der Waals surface area contributed by atoms with Crippen LogP contribution in [0.4, 0.5) is 0 Å². The van der Waals surface area contributed by atoms with E-state index in [9.17, 15) is 0 Å². The number of methoxy groups -OCH3 is 1. The normalized spacial score (nSPS) is 16.2. The molecule has 0 aliphatic carbocycles. The van der Waals surface area contributed by atoms with E-state index in [-0.39, 0.29) is 29.5 Å². The SMILES string of the molecule is CCNC(=NCC1(N(C)C)CCOCC1)NCCCCc1ccc(OC)cc1.I. The molecule has 0 aromatic heterocycles. The van der Waals surface area contributed by atoms with Crippen LogP contribution in [-0.4, -0.2) is 70.5 Å². The van der Waals surface area contributed by atoms with E-state index in [1.54, 1.807) is 7.11 Å². The van der Waals surface area contributed by atoms with Crippen molar-refractivity contribution in [1.82, 2.24) is 15.5 Å². The fourth-order valence-corrected chi connectivity index (χ4v) is 3.52. The Morgan fingerprint density at radius 3 is 2.41 bits per heavy atom. The number of likely N-dealkylation sites (N-methyl/N-ethyl adjacent to an activating group) is 1. The van der Waals surface area contributed by atoms with E-state index in [0.29, 0.717) is 0 Å². The van der Waals surface area contributed by atoms with Crippen LogP contribution in [0.5, 0.6) is 5.75 Å². The number of nitrogens with one attached hydrogen (secondary N) is 2. The number of ether oxygens (including phenoxy) is 2. The number of benzene rings is 1. The summed E-state index contributed by atoms with van der Waals surface area (Å²) in [6.07, 6.45) is 5.42. The minimum atomic E-state index is 0. The molecular formula is C22H39IN4O2. The van der Waals surface area contributed by atoms with Gasteiger partial charge < -0.3 is 25.0 Å².